The Balaban J connectivity index is 2.15. The molecular formula is C16H18N4O6. The van der Waals surface area contributed by atoms with Crippen molar-refractivity contribution in [1.82, 2.24) is 5.16 Å². The molecule has 0 bridgehead atoms. The van der Waals surface area contributed by atoms with Crippen LogP contribution in [-0.2, 0) is 9.53 Å². The number of nitrogens with zero attached hydrogens (tertiary/aromatic N) is 3. The number of hydrogen-bond acceptors (Lipinski definition) is 8. The quantitative estimate of drug-likeness (QED) is 0.430. The number of hydrogen-bond donors (Lipinski definition) is 1. The molecule has 0 spiro atoms. The monoisotopic (exact) mass is 362 g/mol. The van der Waals surface area contributed by atoms with Gasteiger partial charge in [0, 0.05) is 31.3 Å². The second-order valence-corrected chi connectivity index (χ2v) is 5.14. The zero-order chi connectivity index (χ0) is 19.1. The Morgan fingerprint density at radius 1 is 1.31 bits per heavy atom. The lowest BCUT2D eigenvalue weighted by Gasteiger charge is -2.23. The lowest BCUT2D eigenvalue weighted by molar-refractivity contribution is -0.384. The third-order valence-corrected chi connectivity index (χ3v) is 3.55. The number of carbonyl (C=O) groups is 2. The van der Waals surface area contributed by atoms with Crippen molar-refractivity contribution in [3.05, 3.63) is 46.2 Å². The maximum Gasteiger partial charge on any atom is 0.341 e. The molecule has 0 unspecified atom stereocenters. The highest BCUT2D eigenvalue weighted by Gasteiger charge is 2.21. The van der Waals surface area contributed by atoms with E-state index >= 15 is 0 Å². The van der Waals surface area contributed by atoms with E-state index in [1.807, 2.05) is 18.7 Å². The number of aromatic nitrogens is 1. The van der Waals surface area contributed by atoms with Gasteiger partial charge in [-0.25, -0.2) is 4.79 Å². The van der Waals surface area contributed by atoms with Crippen LogP contribution in [0.1, 0.15) is 24.2 Å². The van der Waals surface area contributed by atoms with Crippen LogP contribution < -0.4 is 10.2 Å². The molecule has 10 nitrogen and oxygen atoms in total. The van der Waals surface area contributed by atoms with E-state index in [9.17, 15) is 19.7 Å². The molecule has 1 aromatic heterocycles. The molecule has 1 aromatic carbocycles. The number of ether oxygens (including phenoxy) is 1. The molecule has 0 radical (unpaired) electrons. The van der Waals surface area contributed by atoms with Gasteiger partial charge in [-0.05, 0) is 19.9 Å². The third kappa shape index (κ3) is 4.56. The smallest absolute Gasteiger partial charge is 0.341 e. The molecule has 0 saturated carbocycles. The van der Waals surface area contributed by atoms with Crippen molar-refractivity contribution >= 4 is 29.1 Å². The summed E-state index contributed by atoms with van der Waals surface area (Å²) >= 11 is 0. The molecule has 2 aromatic rings. The summed E-state index contributed by atoms with van der Waals surface area (Å²) in [5, 5.41) is 16.9. The van der Waals surface area contributed by atoms with Gasteiger partial charge in [-0.1, -0.05) is 5.16 Å². The van der Waals surface area contributed by atoms with Gasteiger partial charge >= 0.3 is 5.97 Å². The zero-order valence-electron chi connectivity index (χ0n) is 14.3. The highest BCUT2D eigenvalue weighted by molar-refractivity contribution is 5.99. The first-order valence-electron chi connectivity index (χ1n) is 7.87. The largest absolute Gasteiger partial charge is 0.452 e. The van der Waals surface area contributed by atoms with Gasteiger partial charge in [0.2, 0.25) is 0 Å². The van der Waals surface area contributed by atoms with E-state index in [4.69, 9.17) is 4.74 Å². The van der Waals surface area contributed by atoms with Gasteiger partial charge < -0.3 is 19.5 Å². The topological polar surface area (TPSA) is 128 Å². The molecule has 0 aliphatic rings. The number of amides is 1. The third-order valence-electron chi connectivity index (χ3n) is 3.55. The summed E-state index contributed by atoms with van der Waals surface area (Å²) in [4.78, 5) is 36.4. The Morgan fingerprint density at radius 2 is 2.04 bits per heavy atom. The zero-order valence-corrected chi connectivity index (χ0v) is 14.3. The molecular weight excluding hydrogens is 344 g/mol. The van der Waals surface area contributed by atoms with Crippen LogP contribution in [0.15, 0.2) is 35.1 Å². The van der Waals surface area contributed by atoms with Crippen LogP contribution in [0.5, 0.6) is 0 Å². The first-order chi connectivity index (χ1) is 12.5. The summed E-state index contributed by atoms with van der Waals surface area (Å²) in [5.74, 6) is -1.25. The molecule has 138 valence electrons. The van der Waals surface area contributed by atoms with E-state index in [1.165, 1.54) is 24.5 Å². The standard InChI is InChI=1S/C16H18N4O6/c1-3-19(4-2)13-6-5-11(20(23)24)9-12(13)16(22)25-10-15(21)17-14-7-8-26-18-14/h5-9H,3-4,10H2,1-2H3,(H,17,18,21). The average Bonchev–Trinajstić information content (AvgIpc) is 3.13. The summed E-state index contributed by atoms with van der Waals surface area (Å²) in [7, 11) is 0. The summed E-state index contributed by atoms with van der Waals surface area (Å²) in [6.07, 6.45) is 1.28. The Hall–Kier alpha value is -3.43. The Kier molecular flexibility index (Phi) is 6.25. The van der Waals surface area contributed by atoms with Crippen LogP contribution in [0.4, 0.5) is 17.2 Å². The Morgan fingerprint density at radius 3 is 2.62 bits per heavy atom. The second kappa shape index (κ2) is 8.60. The molecule has 0 saturated heterocycles. The van der Waals surface area contributed by atoms with Gasteiger partial charge in [-0.3, -0.25) is 14.9 Å². The molecule has 0 atom stereocenters. The van der Waals surface area contributed by atoms with Crippen molar-refractivity contribution in [1.29, 1.82) is 0 Å². The van der Waals surface area contributed by atoms with Gasteiger partial charge in [-0.2, -0.15) is 0 Å². The Bertz CT molecular complexity index is 786. The van der Waals surface area contributed by atoms with Crippen molar-refractivity contribution in [2.75, 3.05) is 29.9 Å². The number of nitrogens with one attached hydrogen (secondary N) is 1. The van der Waals surface area contributed by atoms with Crippen molar-refractivity contribution in [2.24, 2.45) is 0 Å². The van der Waals surface area contributed by atoms with Gasteiger partial charge in [0.15, 0.2) is 12.4 Å². The fourth-order valence-electron chi connectivity index (χ4n) is 2.31. The van der Waals surface area contributed by atoms with Crippen LogP contribution in [-0.4, -0.2) is 41.7 Å². The number of non-ortho nitro benzene ring substituents is 1. The average molecular weight is 362 g/mol. The maximum absolute atomic E-state index is 12.4. The summed E-state index contributed by atoms with van der Waals surface area (Å²) in [5.41, 5.74) is 0.291. The molecule has 0 aliphatic heterocycles. The Labute approximate surface area is 148 Å². The highest BCUT2D eigenvalue weighted by Crippen LogP contribution is 2.26. The summed E-state index contributed by atoms with van der Waals surface area (Å²) in [6.45, 7) is 4.42. The number of esters is 1. The first kappa shape index (κ1) is 18.9. The fourth-order valence-corrected chi connectivity index (χ4v) is 2.31. The number of anilines is 2. The normalized spacial score (nSPS) is 10.2. The molecule has 1 heterocycles. The van der Waals surface area contributed by atoms with Crippen molar-refractivity contribution in [2.45, 2.75) is 13.8 Å². The minimum absolute atomic E-state index is 0.0251. The molecule has 2 rings (SSSR count). The highest BCUT2D eigenvalue weighted by atomic mass is 16.6. The van der Waals surface area contributed by atoms with Gasteiger partial charge in [0.1, 0.15) is 6.26 Å². The van der Waals surface area contributed by atoms with E-state index < -0.39 is 23.4 Å². The fraction of sp³-hybridized carbons (Fsp3) is 0.312. The molecule has 0 aliphatic carbocycles. The van der Waals surface area contributed by atoms with Crippen LogP contribution >= 0.6 is 0 Å². The summed E-state index contributed by atoms with van der Waals surface area (Å²) < 4.78 is 9.57. The van der Waals surface area contributed by atoms with Crippen molar-refractivity contribution < 1.29 is 23.8 Å². The van der Waals surface area contributed by atoms with E-state index in [1.54, 1.807) is 0 Å². The predicted octanol–water partition coefficient (Wildman–Crippen LogP) is 2.22. The number of carbonyl (C=O) groups excluding carboxylic acids is 2. The predicted molar refractivity (Wildman–Crippen MR) is 92.1 cm³/mol. The van der Waals surface area contributed by atoms with Gasteiger partial charge in [0.25, 0.3) is 11.6 Å². The number of rotatable bonds is 8. The summed E-state index contributed by atoms with van der Waals surface area (Å²) in [6, 6.07) is 5.39. The molecule has 26 heavy (non-hydrogen) atoms. The van der Waals surface area contributed by atoms with E-state index in [0.717, 1.165) is 6.07 Å². The van der Waals surface area contributed by atoms with Crippen LogP contribution in [0.25, 0.3) is 0 Å². The second-order valence-electron chi connectivity index (χ2n) is 5.14. The lowest BCUT2D eigenvalue weighted by Crippen LogP contribution is -2.26. The van der Waals surface area contributed by atoms with Crippen LogP contribution in [0.2, 0.25) is 0 Å². The molecule has 10 heteroatoms. The number of benzene rings is 1. The first-order valence-corrected chi connectivity index (χ1v) is 7.87. The minimum atomic E-state index is -0.828. The van der Waals surface area contributed by atoms with Crippen LogP contribution in [0.3, 0.4) is 0 Å². The van der Waals surface area contributed by atoms with Crippen molar-refractivity contribution in [3.63, 3.8) is 0 Å². The van der Waals surface area contributed by atoms with Gasteiger partial charge in [0.05, 0.1) is 16.2 Å². The lowest BCUT2D eigenvalue weighted by atomic mass is 10.1. The minimum Gasteiger partial charge on any atom is -0.452 e. The number of nitro groups is 1. The molecule has 1 amide bonds. The molecule has 1 N–H and O–H groups in total. The van der Waals surface area contributed by atoms with E-state index in [-0.39, 0.29) is 17.1 Å². The number of nitro benzene ring substituents is 1. The van der Waals surface area contributed by atoms with E-state index in [0.29, 0.717) is 18.8 Å². The van der Waals surface area contributed by atoms with E-state index in [2.05, 4.69) is 15.0 Å². The maximum atomic E-state index is 12.4. The van der Waals surface area contributed by atoms with Gasteiger partial charge in [-0.15, -0.1) is 0 Å². The van der Waals surface area contributed by atoms with Crippen molar-refractivity contribution in [3.8, 4) is 0 Å². The molecule has 0 fully saturated rings. The SMILES string of the molecule is CCN(CC)c1ccc([N+](=O)[O-])cc1C(=O)OCC(=O)Nc1ccon1. The van der Waals surface area contributed by atoms with Crippen LogP contribution in [0, 0.1) is 10.1 Å².